The third-order valence-electron chi connectivity index (χ3n) is 0.209. The quantitative estimate of drug-likeness (QED) is 0.420. The summed E-state index contributed by atoms with van der Waals surface area (Å²) >= 11 is 5.17. The molecular formula is C4H5ClY-2. The van der Waals surface area contributed by atoms with E-state index in [1.165, 1.54) is 6.08 Å². The van der Waals surface area contributed by atoms with Crippen LogP contribution in [0.3, 0.4) is 0 Å². The van der Waals surface area contributed by atoms with E-state index in [1.807, 2.05) is 0 Å². The van der Waals surface area contributed by atoms with Crippen molar-refractivity contribution >= 4 is 11.6 Å². The molecular weight excluding hydrogens is 172 g/mol. The van der Waals surface area contributed by atoms with Gasteiger partial charge in [0.05, 0.1) is 0 Å². The maximum absolute atomic E-state index is 5.17. The van der Waals surface area contributed by atoms with E-state index in [0.717, 1.165) is 0 Å². The van der Waals surface area contributed by atoms with Crippen LogP contribution >= 0.6 is 11.6 Å². The van der Waals surface area contributed by atoms with Gasteiger partial charge in [0, 0.05) is 32.7 Å². The zero-order chi connectivity index (χ0) is 4.28. The van der Waals surface area contributed by atoms with Crippen molar-refractivity contribution in [3.63, 3.8) is 0 Å². The first-order valence-corrected chi connectivity index (χ1v) is 1.73. The molecule has 0 saturated carbocycles. The maximum atomic E-state index is 5.17. The van der Waals surface area contributed by atoms with Crippen molar-refractivity contribution in [3.05, 3.63) is 19.6 Å². The van der Waals surface area contributed by atoms with Crippen molar-refractivity contribution in [1.29, 1.82) is 0 Å². The Morgan fingerprint density at radius 3 is 2.00 bits per heavy atom. The van der Waals surface area contributed by atoms with E-state index >= 15 is 0 Å². The number of allylic oxidation sites excluding steroid dienone is 1. The van der Waals surface area contributed by atoms with Gasteiger partial charge in [-0.25, -0.2) is 0 Å². The molecule has 0 nitrogen and oxygen atoms in total. The number of hydrogen-bond acceptors (Lipinski definition) is 0. The Bertz CT molecular complexity index is 34.5. The van der Waals surface area contributed by atoms with Gasteiger partial charge in [-0.2, -0.15) is 11.6 Å². The summed E-state index contributed by atoms with van der Waals surface area (Å²) < 4.78 is 0. The fraction of sp³-hybridized carbons (Fsp3) is 0.250. The van der Waals surface area contributed by atoms with E-state index in [-0.39, 0.29) is 38.1 Å². The van der Waals surface area contributed by atoms with Crippen LogP contribution < -0.4 is 0 Å². The first-order chi connectivity index (χ1) is 2.27. The average molecular weight is 177 g/mol. The maximum Gasteiger partial charge on any atom is 0 e. The van der Waals surface area contributed by atoms with Gasteiger partial charge in [-0.05, 0) is 0 Å². The van der Waals surface area contributed by atoms with Gasteiger partial charge >= 0.3 is 0 Å². The first kappa shape index (κ1) is 10.2. The fourth-order valence-corrected chi connectivity index (χ4v) is 0. The van der Waals surface area contributed by atoms with Gasteiger partial charge in [-0.1, -0.05) is 0 Å². The molecule has 0 aliphatic heterocycles. The Hall–Kier alpha value is 1.13. The third kappa shape index (κ3) is 8.93. The van der Waals surface area contributed by atoms with Crippen LogP contribution in [0.25, 0.3) is 0 Å². The number of rotatable bonds is 1. The SMILES string of the molecule is [CH-]=CC([CH2-])Cl.[Y]. The molecule has 0 aromatic rings. The van der Waals surface area contributed by atoms with E-state index < -0.39 is 0 Å². The minimum Gasteiger partial charge on any atom is -0.519 e. The van der Waals surface area contributed by atoms with E-state index in [2.05, 4.69) is 6.92 Å². The molecule has 0 bridgehead atoms. The summed E-state index contributed by atoms with van der Waals surface area (Å²) in [6, 6.07) is 0. The summed E-state index contributed by atoms with van der Waals surface area (Å²) in [4.78, 5) is 0. The Balaban J connectivity index is 0. The van der Waals surface area contributed by atoms with Crippen LogP contribution in [0.4, 0.5) is 0 Å². The Morgan fingerprint density at radius 2 is 2.00 bits per heavy atom. The molecule has 0 spiro atoms. The molecule has 0 aromatic carbocycles. The minimum atomic E-state index is -0.241. The van der Waals surface area contributed by atoms with Crippen LogP contribution in [0.1, 0.15) is 0 Å². The van der Waals surface area contributed by atoms with Crippen LogP contribution in [0.15, 0.2) is 6.08 Å². The molecule has 1 atom stereocenters. The Labute approximate surface area is 68.8 Å². The summed E-state index contributed by atoms with van der Waals surface area (Å²) in [5.41, 5.74) is 0. The Morgan fingerprint density at radius 1 is 1.83 bits per heavy atom. The molecule has 0 amide bonds. The molecule has 0 fully saturated rings. The second kappa shape index (κ2) is 6.13. The first-order valence-electron chi connectivity index (χ1n) is 1.29. The van der Waals surface area contributed by atoms with E-state index in [1.54, 1.807) is 0 Å². The second-order valence-corrected chi connectivity index (χ2v) is 1.27. The number of halogens is 1. The standard InChI is InChI=1S/C4H5Cl.Y/c1-3-4(2)5;/h1,3-4H,2H2;/q-2;. The van der Waals surface area contributed by atoms with Gasteiger partial charge < -0.3 is 13.5 Å². The number of hydrogen-bond donors (Lipinski definition) is 0. The monoisotopic (exact) mass is 177 g/mol. The van der Waals surface area contributed by atoms with Gasteiger partial charge in [-0.3, -0.25) is 6.08 Å². The molecule has 1 radical (unpaired) electrons. The molecule has 0 rings (SSSR count). The largest absolute Gasteiger partial charge is 0.519 e. The fourth-order valence-electron chi connectivity index (χ4n) is 0. The third-order valence-corrected chi connectivity index (χ3v) is 0.354. The smallest absolute Gasteiger partial charge is 0 e. The van der Waals surface area contributed by atoms with Gasteiger partial charge in [0.25, 0.3) is 0 Å². The van der Waals surface area contributed by atoms with Gasteiger partial charge in [0.15, 0.2) is 0 Å². The molecule has 33 valence electrons. The normalized spacial score (nSPS) is 11.7. The van der Waals surface area contributed by atoms with Crippen LogP contribution in [0.2, 0.25) is 0 Å². The van der Waals surface area contributed by atoms with Crippen LogP contribution in [-0.4, -0.2) is 5.38 Å². The summed E-state index contributed by atoms with van der Waals surface area (Å²) in [6.07, 6.45) is 1.32. The molecule has 0 heterocycles. The summed E-state index contributed by atoms with van der Waals surface area (Å²) in [5.74, 6) is 0. The van der Waals surface area contributed by atoms with Crippen LogP contribution in [-0.2, 0) is 32.7 Å². The van der Waals surface area contributed by atoms with Crippen LogP contribution in [0, 0.1) is 13.5 Å². The molecule has 6 heavy (non-hydrogen) atoms. The van der Waals surface area contributed by atoms with E-state index in [0.29, 0.717) is 0 Å². The molecule has 0 aliphatic carbocycles. The van der Waals surface area contributed by atoms with Gasteiger partial charge in [0.2, 0.25) is 0 Å². The topological polar surface area (TPSA) is 0 Å². The predicted molar refractivity (Wildman–Crippen MR) is 23.9 cm³/mol. The number of alkyl halides is 1. The minimum absolute atomic E-state index is 0. The molecule has 0 aromatic heterocycles. The zero-order valence-electron chi connectivity index (χ0n) is 3.39. The van der Waals surface area contributed by atoms with E-state index in [9.17, 15) is 0 Å². The average Bonchev–Trinajstić information content (AvgIpc) is 1.38. The Kier molecular flexibility index (Phi) is 10.4. The summed E-state index contributed by atoms with van der Waals surface area (Å²) in [6.45, 7) is 8.19. The van der Waals surface area contributed by atoms with Crippen molar-refractivity contribution in [1.82, 2.24) is 0 Å². The van der Waals surface area contributed by atoms with Gasteiger partial charge in [-0.15, -0.1) is 5.38 Å². The van der Waals surface area contributed by atoms with E-state index in [4.69, 9.17) is 18.2 Å². The molecule has 2 heteroatoms. The van der Waals surface area contributed by atoms with Crippen molar-refractivity contribution in [3.8, 4) is 0 Å². The summed E-state index contributed by atoms with van der Waals surface area (Å²) in [7, 11) is 0. The van der Waals surface area contributed by atoms with Crippen molar-refractivity contribution in [2.75, 3.05) is 0 Å². The molecule has 0 aliphatic rings. The van der Waals surface area contributed by atoms with Crippen molar-refractivity contribution in [2.45, 2.75) is 5.38 Å². The molecule has 1 unspecified atom stereocenters. The van der Waals surface area contributed by atoms with Crippen molar-refractivity contribution < 1.29 is 32.7 Å². The van der Waals surface area contributed by atoms with Gasteiger partial charge in [0.1, 0.15) is 0 Å². The summed E-state index contributed by atoms with van der Waals surface area (Å²) in [5, 5.41) is -0.241. The molecule has 0 saturated heterocycles. The second-order valence-electron chi connectivity index (χ2n) is 0.708. The van der Waals surface area contributed by atoms with Crippen molar-refractivity contribution in [2.24, 2.45) is 0 Å². The molecule has 0 N–H and O–H groups in total. The zero-order valence-corrected chi connectivity index (χ0v) is 6.99. The van der Waals surface area contributed by atoms with Crippen LogP contribution in [0.5, 0.6) is 0 Å². The predicted octanol–water partition coefficient (Wildman–Crippen LogP) is 1.41.